The van der Waals surface area contributed by atoms with E-state index < -0.39 is 11.5 Å². The smallest absolute Gasteiger partial charge is 0.270 e. The van der Waals surface area contributed by atoms with Gasteiger partial charge in [-0.1, -0.05) is 6.07 Å². The largest absolute Gasteiger partial charge is 0.497 e. The minimum atomic E-state index is -0.464. The third kappa shape index (κ3) is 2.99. The fraction of sp³-hybridized carbons (Fsp3) is 0.211. The molecule has 26 heavy (non-hydrogen) atoms. The van der Waals surface area contributed by atoms with Gasteiger partial charge in [0.15, 0.2) is 0 Å². The molecule has 0 aliphatic heterocycles. The first-order valence-electron chi connectivity index (χ1n) is 7.94. The second-order valence-electron chi connectivity index (χ2n) is 5.80. The molecule has 0 aliphatic rings. The molecule has 0 unspecified atom stereocenters. The SMILES string of the molecule is COc1cc(OC)cc(N(C)C(=O)c2cnc3c(C)cccn3c2=O)c1. The van der Waals surface area contributed by atoms with Crippen molar-refractivity contribution in [3.8, 4) is 11.5 Å². The lowest BCUT2D eigenvalue weighted by Gasteiger charge is -2.19. The molecule has 1 aromatic carbocycles. The van der Waals surface area contributed by atoms with Gasteiger partial charge >= 0.3 is 0 Å². The van der Waals surface area contributed by atoms with Gasteiger partial charge in [0.05, 0.1) is 19.9 Å². The zero-order valence-corrected chi connectivity index (χ0v) is 15.0. The van der Waals surface area contributed by atoms with Gasteiger partial charge in [0, 0.05) is 37.6 Å². The van der Waals surface area contributed by atoms with E-state index in [1.807, 2.05) is 13.0 Å². The Balaban J connectivity index is 2.06. The number of carbonyl (C=O) groups excluding carboxylic acids is 1. The van der Waals surface area contributed by atoms with Crippen molar-refractivity contribution in [1.82, 2.24) is 9.38 Å². The molecule has 0 N–H and O–H groups in total. The topological polar surface area (TPSA) is 73.1 Å². The number of aryl methyl sites for hydroxylation is 1. The highest BCUT2D eigenvalue weighted by Crippen LogP contribution is 2.28. The van der Waals surface area contributed by atoms with Gasteiger partial charge in [-0.25, -0.2) is 4.98 Å². The molecule has 2 heterocycles. The molecule has 0 fully saturated rings. The number of nitrogens with zero attached hydrogens (tertiary/aromatic N) is 3. The van der Waals surface area contributed by atoms with Crippen LogP contribution < -0.4 is 19.9 Å². The Morgan fingerprint density at radius 3 is 2.42 bits per heavy atom. The summed E-state index contributed by atoms with van der Waals surface area (Å²) in [5.41, 5.74) is 1.50. The Labute approximate surface area is 150 Å². The normalized spacial score (nSPS) is 10.6. The van der Waals surface area contributed by atoms with Crippen molar-refractivity contribution in [2.24, 2.45) is 0 Å². The number of rotatable bonds is 4. The van der Waals surface area contributed by atoms with Crippen LogP contribution in [0, 0.1) is 6.92 Å². The maximum absolute atomic E-state index is 12.9. The Morgan fingerprint density at radius 1 is 1.15 bits per heavy atom. The van der Waals surface area contributed by atoms with Crippen LogP contribution in [-0.2, 0) is 0 Å². The van der Waals surface area contributed by atoms with Gasteiger partial charge in [0.25, 0.3) is 11.5 Å². The van der Waals surface area contributed by atoms with Gasteiger partial charge in [-0.2, -0.15) is 0 Å². The quantitative estimate of drug-likeness (QED) is 0.720. The predicted octanol–water partition coefficient (Wildman–Crippen LogP) is 2.30. The number of methoxy groups -OCH3 is 2. The molecule has 0 saturated carbocycles. The standard InChI is InChI=1S/C19H19N3O4/c1-12-6-5-7-22-17(12)20-11-16(19(22)24)18(23)21(2)13-8-14(25-3)10-15(9-13)26-4/h5-11H,1-4H3. The molecule has 0 saturated heterocycles. The number of amides is 1. The highest BCUT2D eigenvalue weighted by molar-refractivity contribution is 6.05. The fourth-order valence-corrected chi connectivity index (χ4v) is 2.68. The first-order valence-corrected chi connectivity index (χ1v) is 7.94. The second-order valence-corrected chi connectivity index (χ2v) is 5.80. The summed E-state index contributed by atoms with van der Waals surface area (Å²) in [6.45, 7) is 1.86. The Hall–Kier alpha value is -3.35. The number of carbonyl (C=O) groups is 1. The zero-order chi connectivity index (χ0) is 18.8. The maximum atomic E-state index is 12.9. The summed E-state index contributed by atoms with van der Waals surface area (Å²) >= 11 is 0. The fourth-order valence-electron chi connectivity index (χ4n) is 2.68. The minimum Gasteiger partial charge on any atom is -0.497 e. The van der Waals surface area contributed by atoms with E-state index in [0.717, 1.165) is 5.56 Å². The Morgan fingerprint density at radius 2 is 1.81 bits per heavy atom. The highest BCUT2D eigenvalue weighted by Gasteiger charge is 2.20. The van der Waals surface area contributed by atoms with E-state index in [9.17, 15) is 9.59 Å². The predicted molar refractivity (Wildman–Crippen MR) is 98.5 cm³/mol. The van der Waals surface area contributed by atoms with Crippen molar-refractivity contribution in [1.29, 1.82) is 0 Å². The van der Waals surface area contributed by atoms with Crippen LogP contribution in [0.5, 0.6) is 11.5 Å². The Kier molecular flexibility index (Phi) is 4.62. The number of hydrogen-bond donors (Lipinski definition) is 0. The molecule has 0 radical (unpaired) electrons. The number of fused-ring (bicyclic) bond motifs is 1. The van der Waals surface area contributed by atoms with Crippen LogP contribution in [0.15, 0.2) is 47.5 Å². The highest BCUT2D eigenvalue weighted by atomic mass is 16.5. The molecule has 3 rings (SSSR count). The third-order valence-electron chi connectivity index (χ3n) is 4.19. The molecule has 134 valence electrons. The number of pyridine rings is 1. The molecule has 2 aromatic heterocycles. The van der Waals surface area contributed by atoms with E-state index in [1.165, 1.54) is 29.7 Å². The number of benzene rings is 1. The van der Waals surface area contributed by atoms with Crippen molar-refractivity contribution >= 4 is 17.2 Å². The van der Waals surface area contributed by atoms with Gasteiger partial charge in [0.2, 0.25) is 0 Å². The lowest BCUT2D eigenvalue weighted by Crippen LogP contribution is -2.33. The van der Waals surface area contributed by atoms with Crippen molar-refractivity contribution in [2.75, 3.05) is 26.2 Å². The van der Waals surface area contributed by atoms with Gasteiger partial charge < -0.3 is 14.4 Å². The molecule has 0 atom stereocenters. The van der Waals surface area contributed by atoms with E-state index in [1.54, 1.807) is 37.5 Å². The summed E-state index contributed by atoms with van der Waals surface area (Å²) in [5, 5.41) is 0. The van der Waals surface area contributed by atoms with Crippen molar-refractivity contribution in [2.45, 2.75) is 6.92 Å². The molecule has 7 heteroatoms. The molecule has 1 amide bonds. The van der Waals surface area contributed by atoms with Crippen LogP contribution in [0.1, 0.15) is 15.9 Å². The number of anilines is 1. The van der Waals surface area contributed by atoms with E-state index in [0.29, 0.717) is 22.8 Å². The van der Waals surface area contributed by atoms with E-state index in [2.05, 4.69) is 4.98 Å². The van der Waals surface area contributed by atoms with Crippen molar-refractivity contribution in [3.05, 3.63) is 64.2 Å². The molecular formula is C19H19N3O4. The molecule has 3 aromatic rings. The summed E-state index contributed by atoms with van der Waals surface area (Å²) in [7, 11) is 4.64. The van der Waals surface area contributed by atoms with Crippen LogP contribution in [0.25, 0.3) is 5.65 Å². The lowest BCUT2D eigenvalue weighted by molar-refractivity contribution is 0.0991. The molecular weight excluding hydrogens is 334 g/mol. The Bertz CT molecular complexity index is 1020. The maximum Gasteiger partial charge on any atom is 0.270 e. The van der Waals surface area contributed by atoms with Gasteiger partial charge in [-0.05, 0) is 18.6 Å². The number of hydrogen-bond acceptors (Lipinski definition) is 5. The molecule has 7 nitrogen and oxygen atoms in total. The van der Waals surface area contributed by atoms with Crippen LogP contribution in [0.3, 0.4) is 0 Å². The number of aromatic nitrogens is 2. The molecule has 0 bridgehead atoms. The second kappa shape index (κ2) is 6.87. The third-order valence-corrected chi connectivity index (χ3v) is 4.19. The molecule has 0 aliphatic carbocycles. The lowest BCUT2D eigenvalue weighted by atomic mass is 10.2. The van der Waals surface area contributed by atoms with Crippen molar-refractivity contribution < 1.29 is 14.3 Å². The summed E-state index contributed by atoms with van der Waals surface area (Å²) in [5.74, 6) is 0.625. The van der Waals surface area contributed by atoms with Crippen molar-refractivity contribution in [3.63, 3.8) is 0 Å². The monoisotopic (exact) mass is 353 g/mol. The van der Waals surface area contributed by atoms with Crippen LogP contribution in [0.4, 0.5) is 5.69 Å². The van der Waals surface area contributed by atoms with Gasteiger partial charge in [-0.15, -0.1) is 0 Å². The first kappa shape index (κ1) is 17.5. The summed E-state index contributed by atoms with van der Waals surface area (Å²) < 4.78 is 11.8. The minimum absolute atomic E-state index is 0.0163. The van der Waals surface area contributed by atoms with Crippen LogP contribution >= 0.6 is 0 Å². The van der Waals surface area contributed by atoms with E-state index >= 15 is 0 Å². The molecule has 0 spiro atoms. The van der Waals surface area contributed by atoms with E-state index in [-0.39, 0.29) is 5.56 Å². The number of ether oxygens (including phenoxy) is 2. The zero-order valence-electron chi connectivity index (χ0n) is 15.0. The van der Waals surface area contributed by atoms with Gasteiger partial charge in [-0.3, -0.25) is 14.0 Å². The van der Waals surface area contributed by atoms with Crippen LogP contribution in [0.2, 0.25) is 0 Å². The summed E-state index contributed by atoms with van der Waals surface area (Å²) in [6, 6.07) is 8.69. The van der Waals surface area contributed by atoms with E-state index in [4.69, 9.17) is 9.47 Å². The van der Waals surface area contributed by atoms with Gasteiger partial charge in [0.1, 0.15) is 22.7 Å². The first-order chi connectivity index (χ1) is 12.5. The summed E-state index contributed by atoms with van der Waals surface area (Å²) in [6.07, 6.45) is 2.92. The summed E-state index contributed by atoms with van der Waals surface area (Å²) in [4.78, 5) is 31.3. The van der Waals surface area contributed by atoms with Crippen LogP contribution in [-0.4, -0.2) is 36.6 Å². The average Bonchev–Trinajstić information content (AvgIpc) is 2.67. The average molecular weight is 353 g/mol.